The normalized spacial score (nSPS) is 28.5. The number of rotatable bonds is 15. The van der Waals surface area contributed by atoms with Gasteiger partial charge in [-0.05, 0) is 56.3 Å². The molecule has 2 saturated carbocycles. The van der Waals surface area contributed by atoms with Crippen LogP contribution >= 0.6 is 0 Å². The Balaban J connectivity index is 1.41. The standard InChI is InChI=1S/C27H52O/c1-3-5-7-8-10-13-24-15-17-26(18-16-24)14-11-23-28-27-21-19-25(20-22-27)12-9-6-4-2/h24-27H,3-23H2,1-2H3/t24-,25?,26-,27?. The predicted molar refractivity (Wildman–Crippen MR) is 124 cm³/mol. The highest BCUT2D eigenvalue weighted by Gasteiger charge is 2.22. The van der Waals surface area contributed by atoms with Crippen LogP contribution in [0.4, 0.5) is 0 Å². The summed E-state index contributed by atoms with van der Waals surface area (Å²) >= 11 is 0. The second kappa shape index (κ2) is 15.8. The molecule has 0 aliphatic heterocycles. The molecule has 2 aliphatic rings. The lowest BCUT2D eigenvalue weighted by Gasteiger charge is -2.30. The second-order valence-corrected chi connectivity index (χ2v) is 10.2. The molecule has 0 unspecified atom stereocenters. The average molecular weight is 393 g/mol. The third-order valence-corrected chi connectivity index (χ3v) is 7.80. The van der Waals surface area contributed by atoms with Gasteiger partial charge in [0.05, 0.1) is 6.10 Å². The molecule has 0 N–H and O–H groups in total. The Kier molecular flexibility index (Phi) is 13.6. The highest BCUT2D eigenvalue weighted by molar-refractivity contribution is 4.74. The van der Waals surface area contributed by atoms with E-state index in [9.17, 15) is 0 Å². The largest absolute Gasteiger partial charge is 0.378 e. The molecule has 0 saturated heterocycles. The number of hydrogen-bond donors (Lipinski definition) is 0. The molecule has 2 fully saturated rings. The SMILES string of the molecule is CCCCCCC[C@H]1CC[C@H](CCCOC2CCC(CCCCC)CC2)CC1. The van der Waals surface area contributed by atoms with Crippen LogP contribution in [0.25, 0.3) is 0 Å². The van der Waals surface area contributed by atoms with Crippen molar-refractivity contribution in [2.24, 2.45) is 17.8 Å². The van der Waals surface area contributed by atoms with Crippen LogP contribution in [0.3, 0.4) is 0 Å². The van der Waals surface area contributed by atoms with Crippen LogP contribution in [0.5, 0.6) is 0 Å². The van der Waals surface area contributed by atoms with Crippen molar-refractivity contribution < 1.29 is 4.74 Å². The van der Waals surface area contributed by atoms with Gasteiger partial charge in [-0.3, -0.25) is 0 Å². The van der Waals surface area contributed by atoms with E-state index in [2.05, 4.69) is 13.8 Å². The molecule has 2 rings (SSSR count). The minimum atomic E-state index is 0.589. The van der Waals surface area contributed by atoms with Crippen LogP contribution in [0.15, 0.2) is 0 Å². The lowest BCUT2D eigenvalue weighted by Crippen LogP contribution is -2.22. The summed E-state index contributed by atoms with van der Waals surface area (Å²) in [4.78, 5) is 0. The van der Waals surface area contributed by atoms with E-state index in [1.807, 2.05) is 0 Å². The third kappa shape index (κ3) is 10.7. The molecule has 0 aromatic carbocycles. The van der Waals surface area contributed by atoms with Crippen LogP contribution in [-0.4, -0.2) is 12.7 Å². The van der Waals surface area contributed by atoms with Gasteiger partial charge in [0, 0.05) is 6.61 Å². The molecule has 0 spiro atoms. The molecule has 2 aliphatic carbocycles. The maximum absolute atomic E-state index is 6.25. The predicted octanol–water partition coefficient (Wildman–Crippen LogP) is 9.09. The van der Waals surface area contributed by atoms with E-state index in [-0.39, 0.29) is 0 Å². The Morgan fingerprint density at radius 2 is 0.929 bits per heavy atom. The van der Waals surface area contributed by atoms with Crippen LogP contribution in [0.2, 0.25) is 0 Å². The quantitative estimate of drug-likeness (QED) is 0.252. The van der Waals surface area contributed by atoms with Gasteiger partial charge in [0.2, 0.25) is 0 Å². The molecule has 0 amide bonds. The number of ether oxygens (including phenoxy) is 1. The van der Waals surface area contributed by atoms with Crippen molar-refractivity contribution in [3.05, 3.63) is 0 Å². The lowest BCUT2D eigenvalue weighted by atomic mass is 9.78. The first-order valence-electron chi connectivity index (χ1n) is 13.4. The first-order valence-corrected chi connectivity index (χ1v) is 13.4. The maximum atomic E-state index is 6.25. The Labute approximate surface area is 177 Å². The fourth-order valence-corrected chi connectivity index (χ4v) is 5.74. The van der Waals surface area contributed by atoms with Crippen LogP contribution < -0.4 is 0 Å². The van der Waals surface area contributed by atoms with Crippen molar-refractivity contribution in [1.82, 2.24) is 0 Å². The summed E-state index contributed by atoms with van der Waals surface area (Å²) in [5.41, 5.74) is 0. The molecule has 1 nitrogen and oxygen atoms in total. The summed E-state index contributed by atoms with van der Waals surface area (Å²) in [6.45, 7) is 5.65. The molecule has 0 bridgehead atoms. The fraction of sp³-hybridized carbons (Fsp3) is 1.00. The van der Waals surface area contributed by atoms with E-state index in [1.54, 1.807) is 0 Å². The van der Waals surface area contributed by atoms with Crippen LogP contribution in [0.1, 0.15) is 142 Å². The van der Waals surface area contributed by atoms with Gasteiger partial charge in [-0.15, -0.1) is 0 Å². The van der Waals surface area contributed by atoms with E-state index in [4.69, 9.17) is 4.74 Å². The Morgan fingerprint density at radius 3 is 1.50 bits per heavy atom. The molecule has 0 radical (unpaired) electrons. The van der Waals surface area contributed by atoms with Gasteiger partial charge < -0.3 is 4.74 Å². The van der Waals surface area contributed by atoms with Crippen molar-refractivity contribution >= 4 is 0 Å². The van der Waals surface area contributed by atoms with Crippen molar-refractivity contribution in [2.45, 2.75) is 148 Å². The van der Waals surface area contributed by atoms with Crippen molar-refractivity contribution in [2.75, 3.05) is 6.61 Å². The van der Waals surface area contributed by atoms with E-state index < -0.39 is 0 Å². The summed E-state index contributed by atoms with van der Waals surface area (Å²) in [5, 5.41) is 0. The van der Waals surface area contributed by atoms with Crippen molar-refractivity contribution in [3.63, 3.8) is 0 Å². The zero-order chi connectivity index (χ0) is 19.9. The topological polar surface area (TPSA) is 9.23 Å². The molecule has 1 heteroatoms. The van der Waals surface area contributed by atoms with Crippen molar-refractivity contribution in [3.8, 4) is 0 Å². The Hall–Kier alpha value is -0.0400. The monoisotopic (exact) mass is 392 g/mol. The molecule has 0 heterocycles. The third-order valence-electron chi connectivity index (χ3n) is 7.80. The minimum absolute atomic E-state index is 0.589. The van der Waals surface area contributed by atoms with Gasteiger partial charge >= 0.3 is 0 Å². The summed E-state index contributed by atoms with van der Waals surface area (Å²) in [7, 11) is 0. The van der Waals surface area contributed by atoms with Gasteiger partial charge in [-0.25, -0.2) is 0 Å². The zero-order valence-electron chi connectivity index (χ0n) is 19.6. The first kappa shape index (κ1) is 24.2. The summed E-state index contributed by atoms with van der Waals surface area (Å²) in [5.74, 6) is 3.07. The Bertz CT molecular complexity index is 336. The van der Waals surface area contributed by atoms with Crippen molar-refractivity contribution in [1.29, 1.82) is 0 Å². The maximum Gasteiger partial charge on any atom is 0.0575 e. The molecular formula is C27H52O. The summed E-state index contributed by atoms with van der Waals surface area (Å²) in [6.07, 6.45) is 29.4. The second-order valence-electron chi connectivity index (χ2n) is 10.2. The minimum Gasteiger partial charge on any atom is -0.378 e. The molecule has 0 aromatic heterocycles. The fourth-order valence-electron chi connectivity index (χ4n) is 5.74. The van der Waals surface area contributed by atoms with Gasteiger partial charge in [0.15, 0.2) is 0 Å². The molecule has 0 atom stereocenters. The smallest absolute Gasteiger partial charge is 0.0575 e. The highest BCUT2D eigenvalue weighted by atomic mass is 16.5. The summed E-state index contributed by atoms with van der Waals surface area (Å²) < 4.78 is 6.25. The lowest BCUT2D eigenvalue weighted by molar-refractivity contribution is 0.0131. The number of unbranched alkanes of at least 4 members (excludes halogenated alkanes) is 6. The average Bonchev–Trinajstić information content (AvgIpc) is 2.73. The molecular weight excluding hydrogens is 340 g/mol. The van der Waals surface area contributed by atoms with Gasteiger partial charge in [-0.1, -0.05) is 104 Å². The van der Waals surface area contributed by atoms with Gasteiger partial charge in [-0.2, -0.15) is 0 Å². The van der Waals surface area contributed by atoms with Gasteiger partial charge in [0.25, 0.3) is 0 Å². The van der Waals surface area contributed by atoms with E-state index in [0.29, 0.717) is 6.10 Å². The zero-order valence-corrected chi connectivity index (χ0v) is 19.6. The molecule has 0 aromatic rings. The number of hydrogen-bond acceptors (Lipinski definition) is 1. The van der Waals surface area contributed by atoms with E-state index in [1.165, 1.54) is 128 Å². The first-order chi connectivity index (χ1) is 13.8. The van der Waals surface area contributed by atoms with E-state index in [0.717, 1.165) is 24.4 Å². The van der Waals surface area contributed by atoms with Crippen LogP contribution in [0, 0.1) is 17.8 Å². The Morgan fingerprint density at radius 1 is 0.500 bits per heavy atom. The molecule has 166 valence electrons. The molecule has 28 heavy (non-hydrogen) atoms. The van der Waals surface area contributed by atoms with Gasteiger partial charge in [0.1, 0.15) is 0 Å². The summed E-state index contributed by atoms with van der Waals surface area (Å²) in [6, 6.07) is 0. The van der Waals surface area contributed by atoms with E-state index >= 15 is 0 Å². The highest BCUT2D eigenvalue weighted by Crippen LogP contribution is 2.34. The van der Waals surface area contributed by atoms with Crippen LogP contribution in [-0.2, 0) is 4.74 Å².